The van der Waals surface area contributed by atoms with Crippen molar-refractivity contribution < 1.29 is 13.9 Å². The van der Waals surface area contributed by atoms with Gasteiger partial charge in [-0.2, -0.15) is 0 Å². The normalized spacial score (nSPS) is 18.7. The van der Waals surface area contributed by atoms with E-state index in [2.05, 4.69) is 36.3 Å². The molecule has 7 rings (SSSR count). The Kier molecular flexibility index (Phi) is 8.39. The summed E-state index contributed by atoms with van der Waals surface area (Å²) < 4.78 is 29.5. The highest BCUT2D eigenvalue weighted by atomic mass is 19.1. The fourth-order valence-corrected chi connectivity index (χ4v) is 7.05. The quantitative estimate of drug-likeness (QED) is 0.313. The van der Waals surface area contributed by atoms with E-state index >= 15 is 4.39 Å². The maximum absolute atomic E-state index is 15.9. The van der Waals surface area contributed by atoms with Crippen molar-refractivity contribution >= 4 is 28.1 Å². The number of nitrogen functional groups attached to an aromatic ring is 1. The summed E-state index contributed by atoms with van der Waals surface area (Å²) in [5.74, 6) is 1.11. The number of pyridine rings is 3. The standard InChI is InChI=1S/C34H41FN8O3/c1-39-10-12-40(13-11-39)32-28(35)17-27-31-34(32)46-15-14-42(31)20-24(33(27)44)21-43(19-23-7-8-37-30(16-23)45-2)26-4-3-9-41(22-26)25-5-6-29(36)38-18-25/h5-8,16-18,20,26H,3-4,9-15,19,21-22H2,1-2H3,(H2,36,38)/t26-/m0/s1. The first-order valence-corrected chi connectivity index (χ1v) is 16.0. The van der Waals surface area contributed by atoms with Crippen LogP contribution in [0.3, 0.4) is 0 Å². The monoisotopic (exact) mass is 628 g/mol. The first-order valence-electron chi connectivity index (χ1n) is 16.0. The lowest BCUT2D eigenvalue weighted by atomic mass is 10.0. The van der Waals surface area contributed by atoms with E-state index in [1.165, 1.54) is 6.07 Å². The van der Waals surface area contributed by atoms with Crippen LogP contribution in [-0.4, -0.2) is 90.4 Å². The third-order valence-electron chi connectivity index (χ3n) is 9.53. The molecule has 11 nitrogen and oxygen atoms in total. The summed E-state index contributed by atoms with van der Waals surface area (Å²) in [5.41, 5.74) is 9.55. The van der Waals surface area contributed by atoms with Crippen molar-refractivity contribution in [3.8, 4) is 11.6 Å². The number of piperazine rings is 1. The van der Waals surface area contributed by atoms with Crippen molar-refractivity contribution in [2.24, 2.45) is 0 Å². The number of ether oxygens (including phenoxy) is 2. The molecule has 2 fully saturated rings. The van der Waals surface area contributed by atoms with Gasteiger partial charge in [-0.25, -0.2) is 14.4 Å². The fraction of sp³-hybridized carbons (Fsp3) is 0.441. The fourth-order valence-electron chi connectivity index (χ4n) is 7.05. The Labute approximate surface area is 267 Å². The molecule has 4 aromatic rings. The van der Waals surface area contributed by atoms with Crippen molar-refractivity contribution in [3.63, 3.8) is 0 Å². The van der Waals surface area contributed by atoms with Gasteiger partial charge in [-0.05, 0) is 49.7 Å². The van der Waals surface area contributed by atoms with Gasteiger partial charge in [0.2, 0.25) is 5.88 Å². The van der Waals surface area contributed by atoms with Crippen molar-refractivity contribution in [1.82, 2.24) is 24.3 Å². The Balaban J connectivity index is 1.25. The Hall–Kier alpha value is -4.42. The number of hydrogen-bond donors (Lipinski definition) is 1. The Morgan fingerprint density at radius 3 is 2.70 bits per heavy atom. The zero-order valence-corrected chi connectivity index (χ0v) is 26.5. The van der Waals surface area contributed by atoms with Crippen LogP contribution in [0.2, 0.25) is 0 Å². The summed E-state index contributed by atoms with van der Waals surface area (Å²) in [4.78, 5) is 31.8. The van der Waals surface area contributed by atoms with E-state index in [4.69, 9.17) is 15.2 Å². The summed E-state index contributed by atoms with van der Waals surface area (Å²) in [6.45, 7) is 6.81. The maximum Gasteiger partial charge on any atom is 0.213 e. The van der Waals surface area contributed by atoms with E-state index in [-0.39, 0.29) is 11.5 Å². The molecule has 0 bridgehead atoms. The number of hydrogen-bond acceptors (Lipinski definition) is 10. The van der Waals surface area contributed by atoms with Crippen molar-refractivity contribution in [2.45, 2.75) is 38.5 Å². The molecule has 1 aromatic carbocycles. The van der Waals surface area contributed by atoms with Crippen LogP contribution in [0.25, 0.3) is 10.9 Å². The number of nitrogens with two attached hydrogens (primary N) is 1. The molecular formula is C34H41FN8O3. The number of nitrogens with zero attached hydrogens (tertiary/aromatic N) is 7. The molecule has 12 heteroatoms. The topological polar surface area (TPSA) is 105 Å². The number of benzene rings is 1. The van der Waals surface area contributed by atoms with Crippen molar-refractivity contribution in [1.29, 1.82) is 0 Å². The third kappa shape index (κ3) is 5.94. The van der Waals surface area contributed by atoms with Crippen LogP contribution >= 0.6 is 0 Å². The number of halogens is 1. The number of rotatable bonds is 8. The summed E-state index contributed by atoms with van der Waals surface area (Å²) in [7, 11) is 3.68. The first-order chi connectivity index (χ1) is 22.4. The number of anilines is 3. The molecule has 0 spiro atoms. The van der Waals surface area contributed by atoms with E-state index in [1.807, 2.05) is 41.6 Å². The number of piperidine rings is 1. The molecule has 3 aromatic heterocycles. The largest absolute Gasteiger partial charge is 0.487 e. The summed E-state index contributed by atoms with van der Waals surface area (Å²) in [6, 6.07) is 9.33. The van der Waals surface area contributed by atoms with Gasteiger partial charge in [0.15, 0.2) is 17.0 Å². The van der Waals surface area contributed by atoms with Crippen LogP contribution in [0.5, 0.6) is 11.6 Å². The van der Waals surface area contributed by atoms with Gasteiger partial charge in [-0.1, -0.05) is 0 Å². The van der Waals surface area contributed by atoms with E-state index in [0.29, 0.717) is 78.9 Å². The summed E-state index contributed by atoms with van der Waals surface area (Å²) in [5, 5.41) is 0.367. The number of aromatic nitrogens is 3. The minimum absolute atomic E-state index is 0.150. The highest BCUT2D eigenvalue weighted by Gasteiger charge is 2.31. The van der Waals surface area contributed by atoms with Crippen LogP contribution in [-0.2, 0) is 19.6 Å². The number of methoxy groups -OCH3 is 1. The van der Waals surface area contributed by atoms with Crippen molar-refractivity contribution in [3.05, 3.63) is 76.1 Å². The lowest BCUT2D eigenvalue weighted by molar-refractivity contribution is 0.157. The lowest BCUT2D eigenvalue weighted by Gasteiger charge is -2.40. The molecule has 0 unspecified atom stereocenters. The predicted molar refractivity (Wildman–Crippen MR) is 177 cm³/mol. The van der Waals surface area contributed by atoms with Crippen molar-refractivity contribution in [2.75, 3.05) is 75.6 Å². The van der Waals surface area contributed by atoms with Gasteiger partial charge in [-0.3, -0.25) is 9.69 Å². The van der Waals surface area contributed by atoms with Crippen LogP contribution < -0.4 is 30.4 Å². The van der Waals surface area contributed by atoms with Gasteiger partial charge >= 0.3 is 0 Å². The molecule has 6 heterocycles. The molecule has 0 amide bonds. The van der Waals surface area contributed by atoms with Gasteiger partial charge in [0.1, 0.15) is 18.1 Å². The molecule has 242 valence electrons. The molecule has 1 atom stereocenters. The van der Waals surface area contributed by atoms with Gasteiger partial charge in [0.25, 0.3) is 0 Å². The van der Waals surface area contributed by atoms with E-state index in [0.717, 1.165) is 50.3 Å². The summed E-state index contributed by atoms with van der Waals surface area (Å²) in [6.07, 6.45) is 7.50. The van der Waals surface area contributed by atoms with Crippen LogP contribution in [0.4, 0.5) is 21.6 Å². The van der Waals surface area contributed by atoms with Gasteiger partial charge in [0.05, 0.1) is 36.4 Å². The van der Waals surface area contributed by atoms with E-state index in [9.17, 15) is 4.79 Å². The van der Waals surface area contributed by atoms with Crippen LogP contribution in [0.1, 0.15) is 24.0 Å². The average molecular weight is 629 g/mol. The van der Waals surface area contributed by atoms with Crippen LogP contribution in [0.15, 0.2) is 53.7 Å². The molecule has 46 heavy (non-hydrogen) atoms. The molecular weight excluding hydrogens is 587 g/mol. The first kappa shape index (κ1) is 30.2. The third-order valence-corrected chi connectivity index (χ3v) is 9.53. The highest BCUT2D eigenvalue weighted by molar-refractivity contribution is 5.92. The molecule has 3 aliphatic rings. The molecule has 0 aliphatic carbocycles. The SMILES string of the molecule is COc1cc(CN(Cc2cn3c4c(c(N5CCN(C)CC5)c(F)cc4c2=O)OCC3)[C@H]2CCCN(c3ccc(N)nc3)C2)ccn1. The zero-order chi connectivity index (χ0) is 31.8. The Morgan fingerprint density at radius 2 is 1.91 bits per heavy atom. The Bertz CT molecular complexity index is 1770. The smallest absolute Gasteiger partial charge is 0.213 e. The minimum atomic E-state index is -0.407. The molecule has 2 N–H and O–H groups in total. The second-order valence-electron chi connectivity index (χ2n) is 12.5. The minimum Gasteiger partial charge on any atom is -0.487 e. The van der Waals surface area contributed by atoms with E-state index in [1.54, 1.807) is 13.3 Å². The molecule has 2 saturated heterocycles. The van der Waals surface area contributed by atoms with Gasteiger partial charge in [-0.15, -0.1) is 0 Å². The molecule has 0 saturated carbocycles. The second kappa shape index (κ2) is 12.8. The summed E-state index contributed by atoms with van der Waals surface area (Å²) >= 11 is 0. The Morgan fingerprint density at radius 1 is 1.07 bits per heavy atom. The predicted octanol–water partition coefficient (Wildman–Crippen LogP) is 3.34. The van der Waals surface area contributed by atoms with Gasteiger partial charge in [0, 0.05) is 82.4 Å². The zero-order valence-electron chi connectivity index (χ0n) is 26.5. The van der Waals surface area contributed by atoms with Crippen LogP contribution in [0, 0.1) is 5.82 Å². The highest BCUT2D eigenvalue weighted by Crippen LogP contribution is 2.40. The average Bonchev–Trinajstić information content (AvgIpc) is 3.07. The lowest BCUT2D eigenvalue weighted by Crippen LogP contribution is -2.48. The number of likely N-dealkylation sites (N-methyl/N-ethyl adjacent to an activating group) is 1. The second-order valence-corrected chi connectivity index (χ2v) is 12.5. The van der Waals surface area contributed by atoms with E-state index < -0.39 is 5.82 Å². The molecule has 3 aliphatic heterocycles. The van der Waals surface area contributed by atoms with Gasteiger partial charge < -0.3 is 34.5 Å². The maximum atomic E-state index is 15.9. The molecule has 0 radical (unpaired) electrons.